The number of benzene rings is 1. The maximum absolute atomic E-state index is 12.4. The van der Waals surface area contributed by atoms with Crippen LogP contribution in [0, 0.1) is 27.7 Å². The Morgan fingerprint density at radius 3 is 2.57 bits per heavy atom. The lowest BCUT2D eigenvalue weighted by atomic mass is 10.1. The van der Waals surface area contributed by atoms with Gasteiger partial charge >= 0.3 is 0 Å². The monoisotopic (exact) mass is 444 g/mol. The first kappa shape index (κ1) is 22.0. The number of anilines is 2. The molecule has 0 saturated carbocycles. The molecule has 0 aliphatic heterocycles. The Morgan fingerprint density at radius 1 is 1.10 bits per heavy atom. The number of hydrogen-bond acceptors (Lipinski definition) is 7. The molecule has 0 spiro atoms. The van der Waals surface area contributed by atoms with E-state index in [2.05, 4.69) is 25.8 Å². The Morgan fingerprint density at radius 2 is 1.87 bits per heavy atom. The van der Waals surface area contributed by atoms with Crippen LogP contribution in [0.5, 0.6) is 0 Å². The minimum absolute atomic E-state index is 0.0985. The van der Waals surface area contributed by atoms with Gasteiger partial charge in [0, 0.05) is 17.6 Å². The van der Waals surface area contributed by atoms with Crippen molar-refractivity contribution in [1.82, 2.24) is 19.7 Å². The van der Waals surface area contributed by atoms with Crippen LogP contribution < -0.4 is 10.6 Å². The SMILES string of the molecule is Cc1ccc(C)c(NC(=O)Cc2nnc(SCC(=O)Nc3nc(C)c(C)s3)n2C)c1. The second-order valence-electron chi connectivity index (χ2n) is 7.00. The number of carbonyl (C=O) groups is 2. The van der Waals surface area contributed by atoms with Crippen molar-refractivity contribution in [2.24, 2.45) is 7.05 Å². The summed E-state index contributed by atoms with van der Waals surface area (Å²) in [6.45, 7) is 7.81. The molecule has 30 heavy (non-hydrogen) atoms. The van der Waals surface area contributed by atoms with Crippen molar-refractivity contribution in [3.63, 3.8) is 0 Å². The molecule has 0 bridgehead atoms. The predicted molar refractivity (Wildman–Crippen MR) is 120 cm³/mol. The smallest absolute Gasteiger partial charge is 0.236 e. The molecule has 0 unspecified atom stereocenters. The molecule has 0 saturated heterocycles. The number of thiazole rings is 1. The molecule has 3 rings (SSSR count). The van der Waals surface area contributed by atoms with E-state index in [-0.39, 0.29) is 24.0 Å². The molecule has 8 nitrogen and oxygen atoms in total. The van der Waals surface area contributed by atoms with E-state index < -0.39 is 0 Å². The number of aryl methyl sites for hydroxylation is 4. The van der Waals surface area contributed by atoms with Gasteiger partial charge in [0.05, 0.1) is 17.9 Å². The summed E-state index contributed by atoms with van der Waals surface area (Å²) >= 11 is 2.72. The lowest BCUT2D eigenvalue weighted by Gasteiger charge is -2.09. The molecule has 0 aliphatic rings. The summed E-state index contributed by atoms with van der Waals surface area (Å²) in [7, 11) is 1.79. The van der Waals surface area contributed by atoms with Gasteiger partial charge in [0.2, 0.25) is 11.8 Å². The number of hydrogen-bond donors (Lipinski definition) is 2. The van der Waals surface area contributed by atoms with E-state index in [0.29, 0.717) is 16.1 Å². The van der Waals surface area contributed by atoms with Crippen LogP contribution in [-0.2, 0) is 23.1 Å². The van der Waals surface area contributed by atoms with Crippen LogP contribution in [0.1, 0.15) is 27.5 Å². The number of carbonyl (C=O) groups excluding carboxylic acids is 2. The van der Waals surface area contributed by atoms with Crippen LogP contribution in [-0.4, -0.2) is 37.3 Å². The first-order valence-corrected chi connectivity index (χ1v) is 11.1. The normalized spacial score (nSPS) is 10.8. The highest BCUT2D eigenvalue weighted by Crippen LogP contribution is 2.22. The van der Waals surface area contributed by atoms with E-state index in [1.54, 1.807) is 11.6 Å². The number of nitrogens with one attached hydrogen (secondary N) is 2. The topological polar surface area (TPSA) is 102 Å². The zero-order chi connectivity index (χ0) is 21.8. The molecule has 2 aromatic heterocycles. The maximum atomic E-state index is 12.4. The Hall–Kier alpha value is -2.72. The highest BCUT2D eigenvalue weighted by molar-refractivity contribution is 7.99. The molecular formula is C20H24N6O2S2. The number of nitrogens with zero attached hydrogens (tertiary/aromatic N) is 4. The molecule has 2 N–H and O–H groups in total. The fraction of sp³-hybridized carbons (Fsp3) is 0.350. The van der Waals surface area contributed by atoms with Crippen molar-refractivity contribution in [2.75, 3.05) is 16.4 Å². The third-order valence-electron chi connectivity index (χ3n) is 4.52. The van der Waals surface area contributed by atoms with Crippen LogP contribution >= 0.6 is 23.1 Å². The molecule has 0 radical (unpaired) electrons. The zero-order valence-corrected chi connectivity index (χ0v) is 19.2. The van der Waals surface area contributed by atoms with Crippen molar-refractivity contribution in [1.29, 1.82) is 0 Å². The summed E-state index contributed by atoms with van der Waals surface area (Å²) in [5, 5.41) is 15.1. The van der Waals surface area contributed by atoms with E-state index in [0.717, 1.165) is 27.4 Å². The number of aromatic nitrogens is 4. The molecule has 0 atom stereocenters. The van der Waals surface area contributed by atoms with Gasteiger partial charge in [-0.1, -0.05) is 23.9 Å². The van der Waals surface area contributed by atoms with Gasteiger partial charge < -0.3 is 15.2 Å². The van der Waals surface area contributed by atoms with Gasteiger partial charge in [0.1, 0.15) is 5.82 Å². The van der Waals surface area contributed by atoms with E-state index in [1.807, 2.05) is 45.9 Å². The summed E-state index contributed by atoms with van der Waals surface area (Å²) in [4.78, 5) is 30.0. The van der Waals surface area contributed by atoms with Crippen molar-refractivity contribution in [2.45, 2.75) is 39.3 Å². The Bertz CT molecular complexity index is 1070. The number of rotatable bonds is 7. The third kappa shape index (κ3) is 5.45. The summed E-state index contributed by atoms with van der Waals surface area (Å²) in [5.41, 5.74) is 3.79. The quantitative estimate of drug-likeness (QED) is 0.542. The summed E-state index contributed by atoms with van der Waals surface area (Å²) < 4.78 is 1.73. The number of amides is 2. The van der Waals surface area contributed by atoms with E-state index in [4.69, 9.17) is 0 Å². The van der Waals surface area contributed by atoms with E-state index in [1.165, 1.54) is 23.1 Å². The van der Waals surface area contributed by atoms with E-state index in [9.17, 15) is 9.59 Å². The standard InChI is InChI=1S/C20H24N6O2S2/c1-11-6-7-12(2)15(8-11)22-17(27)9-16-24-25-20(26(16)5)29-10-18(28)23-19-21-13(3)14(4)30-19/h6-8H,9-10H2,1-5H3,(H,22,27)(H,21,23,28). The molecule has 2 heterocycles. The highest BCUT2D eigenvalue weighted by Gasteiger charge is 2.16. The lowest BCUT2D eigenvalue weighted by molar-refractivity contribution is -0.116. The molecule has 1 aromatic carbocycles. The first-order chi connectivity index (χ1) is 14.2. The molecule has 3 aromatic rings. The third-order valence-corrected chi connectivity index (χ3v) is 6.53. The van der Waals surface area contributed by atoms with Crippen LogP contribution in [0.25, 0.3) is 0 Å². The first-order valence-electron chi connectivity index (χ1n) is 9.35. The average Bonchev–Trinajstić information content (AvgIpc) is 3.18. The Kier molecular flexibility index (Phi) is 6.88. The van der Waals surface area contributed by atoms with Gasteiger partial charge in [-0.05, 0) is 44.9 Å². The second-order valence-corrected chi connectivity index (χ2v) is 9.14. The maximum Gasteiger partial charge on any atom is 0.236 e. The molecule has 0 fully saturated rings. The second kappa shape index (κ2) is 9.40. The molecular weight excluding hydrogens is 420 g/mol. The summed E-state index contributed by atoms with van der Waals surface area (Å²) in [6, 6.07) is 5.92. The summed E-state index contributed by atoms with van der Waals surface area (Å²) in [6.07, 6.45) is 0.0985. The van der Waals surface area contributed by atoms with Crippen molar-refractivity contribution in [3.8, 4) is 0 Å². The van der Waals surface area contributed by atoms with Crippen LogP contribution in [0.4, 0.5) is 10.8 Å². The summed E-state index contributed by atoms with van der Waals surface area (Å²) in [5.74, 6) is 0.388. The molecule has 10 heteroatoms. The van der Waals surface area contributed by atoms with Gasteiger partial charge in [0.25, 0.3) is 0 Å². The molecule has 2 amide bonds. The lowest BCUT2D eigenvalue weighted by Crippen LogP contribution is -2.18. The fourth-order valence-electron chi connectivity index (χ4n) is 2.64. The molecule has 158 valence electrons. The predicted octanol–water partition coefficient (Wildman–Crippen LogP) is 3.42. The largest absolute Gasteiger partial charge is 0.325 e. The van der Waals surface area contributed by atoms with Crippen molar-refractivity contribution in [3.05, 3.63) is 45.7 Å². The van der Waals surface area contributed by atoms with Crippen LogP contribution in [0.3, 0.4) is 0 Å². The average molecular weight is 445 g/mol. The van der Waals surface area contributed by atoms with Crippen LogP contribution in [0.15, 0.2) is 23.4 Å². The number of thioether (sulfide) groups is 1. The van der Waals surface area contributed by atoms with Gasteiger partial charge in [0.15, 0.2) is 10.3 Å². The van der Waals surface area contributed by atoms with Gasteiger partial charge in [-0.2, -0.15) is 0 Å². The Labute approximate surface area is 183 Å². The highest BCUT2D eigenvalue weighted by atomic mass is 32.2. The van der Waals surface area contributed by atoms with Crippen molar-refractivity contribution >= 4 is 45.7 Å². The fourth-order valence-corrected chi connectivity index (χ4v) is 4.21. The minimum atomic E-state index is -0.164. The van der Waals surface area contributed by atoms with Gasteiger partial charge in [-0.3, -0.25) is 9.59 Å². The van der Waals surface area contributed by atoms with Gasteiger partial charge in [-0.25, -0.2) is 4.98 Å². The molecule has 0 aliphatic carbocycles. The zero-order valence-electron chi connectivity index (χ0n) is 17.6. The van der Waals surface area contributed by atoms with Gasteiger partial charge in [-0.15, -0.1) is 21.5 Å². The van der Waals surface area contributed by atoms with Crippen LogP contribution in [0.2, 0.25) is 0 Å². The van der Waals surface area contributed by atoms with E-state index >= 15 is 0 Å². The Balaban J connectivity index is 1.55. The van der Waals surface area contributed by atoms with Crippen molar-refractivity contribution < 1.29 is 9.59 Å². The minimum Gasteiger partial charge on any atom is -0.325 e.